The van der Waals surface area contributed by atoms with Crippen LogP contribution in [0.25, 0.3) is 0 Å². The zero-order chi connectivity index (χ0) is 13.0. The summed E-state index contributed by atoms with van der Waals surface area (Å²) in [5.74, 6) is 6.94. The number of nitrogen functional groups attached to an aromatic ring is 1. The number of nitrogens with one attached hydrogen (secondary N) is 1. The maximum absolute atomic E-state index is 5.81. The fourth-order valence-electron chi connectivity index (χ4n) is 1.70. The smallest absolute Gasteiger partial charge is 0.146 e. The van der Waals surface area contributed by atoms with E-state index in [0.29, 0.717) is 12.4 Å². The summed E-state index contributed by atoms with van der Waals surface area (Å²) in [6, 6.07) is 9.95. The molecule has 0 bridgehead atoms. The van der Waals surface area contributed by atoms with Crippen LogP contribution in [0.5, 0.6) is 5.75 Å². The lowest BCUT2D eigenvalue weighted by Crippen LogP contribution is -2.12. The van der Waals surface area contributed by atoms with Gasteiger partial charge in [-0.05, 0) is 37.1 Å². The summed E-state index contributed by atoms with van der Waals surface area (Å²) in [6.07, 6.45) is 1.69. The number of anilines is 1. The number of hydrogen-bond donors (Lipinski definition) is 2. The normalized spacial score (nSPS) is 10.2. The van der Waals surface area contributed by atoms with Gasteiger partial charge in [0.2, 0.25) is 0 Å². The van der Waals surface area contributed by atoms with Crippen LogP contribution >= 0.6 is 0 Å². The molecule has 2 aromatic rings. The highest BCUT2D eigenvalue weighted by atomic mass is 16.5. The lowest BCUT2D eigenvalue weighted by Gasteiger charge is -2.12. The minimum absolute atomic E-state index is 0.442. The summed E-state index contributed by atoms with van der Waals surface area (Å²) >= 11 is 0. The van der Waals surface area contributed by atoms with Crippen molar-refractivity contribution in [2.75, 3.05) is 5.43 Å². The van der Waals surface area contributed by atoms with Gasteiger partial charge < -0.3 is 10.2 Å². The molecule has 0 aliphatic carbocycles. The molecule has 0 saturated heterocycles. The minimum atomic E-state index is 0.442. The van der Waals surface area contributed by atoms with E-state index in [2.05, 4.69) is 22.5 Å². The summed E-state index contributed by atoms with van der Waals surface area (Å²) in [6.45, 7) is 4.51. The molecule has 0 fully saturated rings. The molecule has 2 rings (SSSR count). The molecule has 0 atom stereocenters. The Bertz CT molecular complexity index is 540. The average molecular weight is 243 g/mol. The fourth-order valence-corrected chi connectivity index (χ4v) is 1.70. The third kappa shape index (κ3) is 2.78. The van der Waals surface area contributed by atoms with Crippen molar-refractivity contribution in [2.45, 2.75) is 20.5 Å². The fraction of sp³-hybridized carbons (Fsp3) is 0.214. The molecule has 1 heterocycles. The molecule has 0 spiro atoms. The largest absolute Gasteiger partial charge is 0.488 e. The van der Waals surface area contributed by atoms with E-state index in [1.165, 1.54) is 5.56 Å². The second-order valence-electron chi connectivity index (χ2n) is 4.21. The number of hydrogen-bond acceptors (Lipinski definition) is 4. The minimum Gasteiger partial charge on any atom is -0.488 e. The van der Waals surface area contributed by atoms with Gasteiger partial charge in [0, 0.05) is 11.8 Å². The van der Waals surface area contributed by atoms with Crippen molar-refractivity contribution >= 4 is 5.82 Å². The summed E-state index contributed by atoms with van der Waals surface area (Å²) in [7, 11) is 0. The van der Waals surface area contributed by atoms with Crippen molar-refractivity contribution < 1.29 is 4.74 Å². The Morgan fingerprint density at radius 2 is 2.11 bits per heavy atom. The Hall–Kier alpha value is -2.07. The van der Waals surface area contributed by atoms with E-state index in [1.54, 1.807) is 6.20 Å². The second kappa shape index (κ2) is 5.51. The van der Waals surface area contributed by atoms with Gasteiger partial charge in [-0.15, -0.1) is 0 Å². The first-order valence-corrected chi connectivity index (χ1v) is 5.81. The first-order valence-electron chi connectivity index (χ1n) is 5.81. The van der Waals surface area contributed by atoms with Gasteiger partial charge in [0.15, 0.2) is 0 Å². The van der Waals surface area contributed by atoms with Gasteiger partial charge in [-0.2, -0.15) is 0 Å². The van der Waals surface area contributed by atoms with E-state index in [1.807, 2.05) is 32.0 Å². The topological polar surface area (TPSA) is 60.2 Å². The number of nitrogens with two attached hydrogens (primary N) is 1. The Labute approximate surface area is 107 Å². The molecule has 0 saturated carbocycles. The van der Waals surface area contributed by atoms with Gasteiger partial charge in [0.25, 0.3) is 0 Å². The highest BCUT2D eigenvalue weighted by Crippen LogP contribution is 2.21. The van der Waals surface area contributed by atoms with Crippen LogP contribution in [-0.2, 0) is 6.61 Å². The molecule has 1 aromatic carbocycles. The number of rotatable bonds is 4. The highest BCUT2D eigenvalue weighted by molar-refractivity contribution is 5.43. The van der Waals surface area contributed by atoms with Gasteiger partial charge >= 0.3 is 0 Å². The number of ether oxygens (including phenoxy) is 1. The Morgan fingerprint density at radius 1 is 1.28 bits per heavy atom. The standard InChI is InChI=1S/C14H17N3O/c1-10-5-6-11(2)13(8-10)18-9-12-4-3-7-16-14(12)17-15/h3-8H,9,15H2,1-2H3,(H,16,17). The van der Waals surface area contributed by atoms with Gasteiger partial charge in [-0.3, -0.25) is 0 Å². The van der Waals surface area contributed by atoms with Crippen LogP contribution in [0.3, 0.4) is 0 Å². The second-order valence-corrected chi connectivity index (χ2v) is 4.21. The molecule has 1 aromatic heterocycles. The lowest BCUT2D eigenvalue weighted by atomic mass is 10.1. The van der Waals surface area contributed by atoms with Crippen molar-refractivity contribution in [3.05, 3.63) is 53.2 Å². The third-order valence-electron chi connectivity index (χ3n) is 2.75. The van der Waals surface area contributed by atoms with Gasteiger partial charge in [0.05, 0.1) is 0 Å². The van der Waals surface area contributed by atoms with Crippen LogP contribution in [0, 0.1) is 13.8 Å². The predicted molar refractivity (Wildman–Crippen MR) is 72.3 cm³/mol. The van der Waals surface area contributed by atoms with Crippen molar-refractivity contribution in [3.8, 4) is 5.75 Å². The van der Waals surface area contributed by atoms with Gasteiger partial charge in [0.1, 0.15) is 18.2 Å². The Morgan fingerprint density at radius 3 is 2.89 bits per heavy atom. The van der Waals surface area contributed by atoms with Crippen molar-refractivity contribution in [1.29, 1.82) is 0 Å². The molecular weight excluding hydrogens is 226 g/mol. The summed E-state index contributed by atoms with van der Waals surface area (Å²) in [5, 5.41) is 0. The third-order valence-corrected chi connectivity index (χ3v) is 2.75. The number of nitrogens with zero attached hydrogens (tertiary/aromatic N) is 1. The molecule has 0 unspecified atom stereocenters. The number of pyridine rings is 1. The van der Waals surface area contributed by atoms with Crippen LogP contribution < -0.4 is 16.0 Å². The van der Waals surface area contributed by atoms with E-state index < -0.39 is 0 Å². The number of benzene rings is 1. The number of hydrazine groups is 1. The Kier molecular flexibility index (Phi) is 3.79. The van der Waals surface area contributed by atoms with Crippen molar-refractivity contribution in [3.63, 3.8) is 0 Å². The molecule has 0 aliphatic rings. The summed E-state index contributed by atoms with van der Waals surface area (Å²) in [4.78, 5) is 4.13. The van der Waals surface area contributed by atoms with Crippen LogP contribution in [0.4, 0.5) is 5.82 Å². The number of aromatic nitrogens is 1. The van der Waals surface area contributed by atoms with Crippen LogP contribution in [0.15, 0.2) is 36.5 Å². The first kappa shape index (κ1) is 12.4. The molecule has 0 radical (unpaired) electrons. The maximum atomic E-state index is 5.81. The van der Waals surface area contributed by atoms with Crippen molar-refractivity contribution in [1.82, 2.24) is 4.98 Å². The lowest BCUT2D eigenvalue weighted by molar-refractivity contribution is 0.304. The van der Waals surface area contributed by atoms with Crippen LogP contribution in [-0.4, -0.2) is 4.98 Å². The number of aryl methyl sites for hydroxylation is 2. The molecule has 18 heavy (non-hydrogen) atoms. The highest BCUT2D eigenvalue weighted by Gasteiger charge is 2.04. The Balaban J connectivity index is 2.14. The van der Waals surface area contributed by atoms with E-state index >= 15 is 0 Å². The molecular formula is C14H17N3O. The van der Waals surface area contributed by atoms with E-state index in [-0.39, 0.29) is 0 Å². The zero-order valence-electron chi connectivity index (χ0n) is 10.6. The first-order chi connectivity index (χ1) is 8.70. The predicted octanol–water partition coefficient (Wildman–Crippen LogP) is 2.56. The quantitative estimate of drug-likeness (QED) is 0.640. The van der Waals surface area contributed by atoms with E-state index in [9.17, 15) is 0 Å². The monoisotopic (exact) mass is 243 g/mol. The maximum Gasteiger partial charge on any atom is 0.146 e. The molecule has 0 aliphatic heterocycles. The van der Waals surface area contributed by atoms with Crippen LogP contribution in [0.1, 0.15) is 16.7 Å². The molecule has 0 amide bonds. The SMILES string of the molecule is Cc1ccc(C)c(OCc2cccnc2NN)c1. The summed E-state index contributed by atoms with van der Waals surface area (Å²) < 4.78 is 5.81. The van der Waals surface area contributed by atoms with E-state index in [4.69, 9.17) is 10.6 Å². The zero-order valence-corrected chi connectivity index (χ0v) is 10.6. The van der Waals surface area contributed by atoms with Gasteiger partial charge in [-0.25, -0.2) is 10.8 Å². The molecule has 3 N–H and O–H groups in total. The molecule has 94 valence electrons. The van der Waals surface area contributed by atoms with E-state index in [0.717, 1.165) is 16.9 Å². The summed E-state index contributed by atoms with van der Waals surface area (Å²) in [5.41, 5.74) is 5.80. The van der Waals surface area contributed by atoms with Crippen molar-refractivity contribution in [2.24, 2.45) is 5.84 Å². The average Bonchev–Trinajstić information content (AvgIpc) is 2.40. The molecule has 4 heteroatoms. The molecule has 4 nitrogen and oxygen atoms in total. The van der Waals surface area contributed by atoms with Crippen LogP contribution in [0.2, 0.25) is 0 Å². The van der Waals surface area contributed by atoms with Gasteiger partial charge in [-0.1, -0.05) is 18.2 Å².